The number of hydrogen-bond acceptors (Lipinski definition) is 1. The first kappa shape index (κ1) is 12.9. The number of anilines is 1. The van der Waals surface area contributed by atoms with Gasteiger partial charge in [-0.15, -0.1) is 0 Å². The number of para-hydroxylation sites is 2. The standard InChI is InChI=1S/C18H21N2/c1-4-20(5-2)18-14-10-6-8-12-16(14)19(3)17-13-9-7-11-15(17)18/h6-13H,4-5H2,1-3H3/q+1. The number of fused-ring (bicyclic) bond motifs is 2. The molecule has 0 aliphatic rings. The molecule has 0 saturated carbocycles. The maximum atomic E-state index is 2.45. The minimum atomic E-state index is 1.03. The maximum Gasteiger partial charge on any atom is 0.214 e. The lowest BCUT2D eigenvalue weighted by atomic mass is 10.1. The molecule has 0 aliphatic carbocycles. The van der Waals surface area contributed by atoms with Crippen LogP contribution in [0.25, 0.3) is 21.8 Å². The van der Waals surface area contributed by atoms with Gasteiger partial charge in [-0.3, -0.25) is 0 Å². The summed E-state index contributed by atoms with van der Waals surface area (Å²) in [5.74, 6) is 0. The average Bonchev–Trinajstić information content (AvgIpc) is 2.51. The van der Waals surface area contributed by atoms with Crippen LogP contribution in [0.3, 0.4) is 0 Å². The Morgan fingerprint density at radius 3 is 1.70 bits per heavy atom. The van der Waals surface area contributed by atoms with Gasteiger partial charge in [0.05, 0.1) is 16.5 Å². The number of aryl methyl sites for hydroxylation is 1. The van der Waals surface area contributed by atoms with Crippen molar-refractivity contribution < 1.29 is 4.57 Å². The van der Waals surface area contributed by atoms with Gasteiger partial charge in [-0.2, -0.15) is 4.57 Å². The Kier molecular flexibility index (Phi) is 3.31. The predicted molar refractivity (Wildman–Crippen MR) is 86.2 cm³/mol. The highest BCUT2D eigenvalue weighted by Gasteiger charge is 2.19. The van der Waals surface area contributed by atoms with Crippen LogP contribution in [-0.4, -0.2) is 13.1 Å². The predicted octanol–water partition coefficient (Wildman–Crippen LogP) is 3.66. The van der Waals surface area contributed by atoms with Crippen molar-refractivity contribution in [3.8, 4) is 0 Å². The Hall–Kier alpha value is -2.09. The van der Waals surface area contributed by atoms with Crippen molar-refractivity contribution in [2.75, 3.05) is 18.0 Å². The molecule has 0 unspecified atom stereocenters. The van der Waals surface area contributed by atoms with E-state index < -0.39 is 0 Å². The van der Waals surface area contributed by atoms with Crippen molar-refractivity contribution in [3.63, 3.8) is 0 Å². The minimum Gasteiger partial charge on any atom is -0.371 e. The summed E-state index contributed by atoms with van der Waals surface area (Å²) in [4.78, 5) is 2.45. The Morgan fingerprint density at radius 1 is 0.800 bits per heavy atom. The average molecular weight is 265 g/mol. The molecule has 1 aromatic heterocycles. The fourth-order valence-corrected chi connectivity index (χ4v) is 3.09. The van der Waals surface area contributed by atoms with E-state index >= 15 is 0 Å². The Labute approximate surface area is 120 Å². The molecule has 0 bridgehead atoms. The van der Waals surface area contributed by atoms with Gasteiger partial charge in [0.1, 0.15) is 7.05 Å². The highest BCUT2D eigenvalue weighted by Crippen LogP contribution is 2.32. The van der Waals surface area contributed by atoms with E-state index in [0.29, 0.717) is 0 Å². The molecule has 1 heterocycles. The second-order valence-electron chi connectivity index (χ2n) is 5.11. The SMILES string of the molecule is CCN(CC)c1c2ccccc2[n+](C)c2ccccc12. The van der Waals surface area contributed by atoms with Crippen molar-refractivity contribution in [2.24, 2.45) is 7.05 Å². The molecule has 0 spiro atoms. The molecular formula is C18H21N2+. The Bertz CT molecular complexity index is 701. The first-order chi connectivity index (χ1) is 9.77. The number of rotatable bonds is 3. The molecule has 102 valence electrons. The third-order valence-corrected chi connectivity index (χ3v) is 4.12. The number of benzene rings is 2. The number of nitrogens with zero attached hydrogens (tertiary/aromatic N) is 2. The molecule has 0 saturated heterocycles. The summed E-state index contributed by atoms with van der Waals surface area (Å²) >= 11 is 0. The zero-order valence-corrected chi connectivity index (χ0v) is 12.4. The number of hydrogen-bond donors (Lipinski definition) is 0. The van der Waals surface area contributed by atoms with Crippen LogP contribution >= 0.6 is 0 Å². The van der Waals surface area contributed by atoms with Crippen LogP contribution in [0.1, 0.15) is 13.8 Å². The van der Waals surface area contributed by atoms with E-state index in [0.717, 1.165) is 13.1 Å². The molecule has 3 rings (SSSR count). The smallest absolute Gasteiger partial charge is 0.214 e. The van der Waals surface area contributed by atoms with Gasteiger partial charge >= 0.3 is 0 Å². The highest BCUT2D eigenvalue weighted by molar-refractivity contribution is 6.05. The quantitative estimate of drug-likeness (QED) is 0.518. The molecule has 3 aromatic rings. The van der Waals surface area contributed by atoms with E-state index in [2.05, 4.69) is 78.9 Å². The summed E-state index contributed by atoms with van der Waals surface area (Å²) in [6, 6.07) is 17.4. The summed E-state index contributed by atoms with van der Waals surface area (Å²) < 4.78 is 2.29. The molecule has 0 fully saturated rings. The first-order valence-electron chi connectivity index (χ1n) is 7.32. The molecule has 2 aromatic carbocycles. The van der Waals surface area contributed by atoms with Gasteiger partial charge in [0.2, 0.25) is 11.0 Å². The molecule has 2 heteroatoms. The summed E-state index contributed by atoms with van der Waals surface area (Å²) in [5, 5.41) is 2.66. The zero-order valence-electron chi connectivity index (χ0n) is 12.4. The second kappa shape index (κ2) is 5.12. The monoisotopic (exact) mass is 265 g/mol. The van der Waals surface area contributed by atoms with Crippen LogP contribution in [0.2, 0.25) is 0 Å². The van der Waals surface area contributed by atoms with Gasteiger partial charge in [0.25, 0.3) is 0 Å². The normalized spacial score (nSPS) is 11.2. The Morgan fingerprint density at radius 2 is 1.25 bits per heavy atom. The third-order valence-electron chi connectivity index (χ3n) is 4.12. The summed E-state index contributed by atoms with van der Waals surface area (Å²) in [5.41, 5.74) is 3.93. The maximum absolute atomic E-state index is 2.45. The van der Waals surface area contributed by atoms with E-state index in [1.807, 2.05) is 0 Å². The summed E-state index contributed by atoms with van der Waals surface area (Å²) in [7, 11) is 2.15. The fourth-order valence-electron chi connectivity index (χ4n) is 3.09. The second-order valence-corrected chi connectivity index (χ2v) is 5.11. The van der Waals surface area contributed by atoms with Gasteiger partial charge in [-0.05, 0) is 26.0 Å². The van der Waals surface area contributed by atoms with Gasteiger partial charge in [0, 0.05) is 25.2 Å². The molecule has 0 atom stereocenters. The van der Waals surface area contributed by atoms with Crippen LogP contribution in [0.4, 0.5) is 5.69 Å². The lowest BCUT2D eigenvalue weighted by Crippen LogP contribution is -2.32. The van der Waals surface area contributed by atoms with Crippen molar-refractivity contribution >= 4 is 27.5 Å². The highest BCUT2D eigenvalue weighted by atomic mass is 15.1. The van der Waals surface area contributed by atoms with Gasteiger partial charge in [-0.25, -0.2) is 0 Å². The van der Waals surface area contributed by atoms with Crippen molar-refractivity contribution in [1.82, 2.24) is 0 Å². The first-order valence-corrected chi connectivity index (χ1v) is 7.32. The van der Waals surface area contributed by atoms with Crippen molar-refractivity contribution in [2.45, 2.75) is 13.8 Å². The van der Waals surface area contributed by atoms with Crippen LogP contribution < -0.4 is 9.47 Å². The van der Waals surface area contributed by atoms with E-state index in [1.165, 1.54) is 27.5 Å². The van der Waals surface area contributed by atoms with Gasteiger partial charge in [0.15, 0.2) is 0 Å². The molecular weight excluding hydrogens is 244 g/mol. The van der Waals surface area contributed by atoms with E-state index in [-0.39, 0.29) is 0 Å². The topological polar surface area (TPSA) is 7.12 Å². The lowest BCUT2D eigenvalue weighted by molar-refractivity contribution is -0.617. The molecule has 0 aliphatic heterocycles. The van der Waals surface area contributed by atoms with E-state index in [1.54, 1.807) is 0 Å². The number of pyridine rings is 1. The number of aromatic nitrogens is 1. The van der Waals surface area contributed by atoms with Crippen molar-refractivity contribution in [1.29, 1.82) is 0 Å². The fraction of sp³-hybridized carbons (Fsp3) is 0.278. The zero-order chi connectivity index (χ0) is 14.1. The largest absolute Gasteiger partial charge is 0.371 e. The van der Waals surface area contributed by atoms with Crippen LogP contribution in [0, 0.1) is 0 Å². The lowest BCUT2D eigenvalue weighted by Gasteiger charge is -2.23. The summed E-state index contributed by atoms with van der Waals surface area (Å²) in [6.07, 6.45) is 0. The Balaban J connectivity index is 2.52. The van der Waals surface area contributed by atoms with Crippen LogP contribution in [0.15, 0.2) is 48.5 Å². The van der Waals surface area contributed by atoms with Crippen LogP contribution in [-0.2, 0) is 7.05 Å². The van der Waals surface area contributed by atoms with Crippen molar-refractivity contribution in [3.05, 3.63) is 48.5 Å². The molecule has 0 amide bonds. The third kappa shape index (κ3) is 1.83. The molecule has 0 radical (unpaired) electrons. The van der Waals surface area contributed by atoms with E-state index in [9.17, 15) is 0 Å². The molecule has 20 heavy (non-hydrogen) atoms. The molecule has 0 N–H and O–H groups in total. The summed E-state index contributed by atoms with van der Waals surface area (Å²) in [6.45, 7) is 6.50. The van der Waals surface area contributed by atoms with Gasteiger partial charge in [-0.1, -0.05) is 24.3 Å². The molecule has 2 nitrogen and oxygen atoms in total. The van der Waals surface area contributed by atoms with Gasteiger partial charge < -0.3 is 4.90 Å². The minimum absolute atomic E-state index is 1.03. The van der Waals surface area contributed by atoms with E-state index in [4.69, 9.17) is 0 Å². The van der Waals surface area contributed by atoms with Crippen LogP contribution in [0.5, 0.6) is 0 Å².